The van der Waals surface area contributed by atoms with Crippen LogP contribution in [0.3, 0.4) is 0 Å². The minimum Gasteiger partial charge on any atom is -0.508 e. The number of benzene rings is 2. The number of nitriles is 1. The molecule has 6 heteroatoms. The molecule has 4 N–H and O–H groups in total. The molecule has 3 aromatic rings. The van der Waals surface area contributed by atoms with Gasteiger partial charge in [0.15, 0.2) is 12.2 Å². The molecule has 136 valence electrons. The highest BCUT2D eigenvalue weighted by atomic mass is 16.3. The van der Waals surface area contributed by atoms with Crippen molar-refractivity contribution in [2.75, 3.05) is 5.73 Å². The van der Waals surface area contributed by atoms with E-state index in [0.29, 0.717) is 17.0 Å². The molecule has 1 heterocycles. The summed E-state index contributed by atoms with van der Waals surface area (Å²) in [7, 11) is 0. The van der Waals surface area contributed by atoms with Crippen LogP contribution in [0.25, 0.3) is 0 Å². The van der Waals surface area contributed by atoms with Gasteiger partial charge in [-0.2, -0.15) is 5.26 Å². The third kappa shape index (κ3) is 3.98. The minimum atomic E-state index is 0.0588. The largest absolute Gasteiger partial charge is 0.508 e. The van der Waals surface area contributed by atoms with Crippen molar-refractivity contribution < 1.29 is 9.52 Å². The van der Waals surface area contributed by atoms with E-state index in [9.17, 15) is 5.11 Å². The number of rotatable bonds is 2. The van der Waals surface area contributed by atoms with Crippen molar-refractivity contribution in [3.05, 3.63) is 76.5 Å². The van der Waals surface area contributed by atoms with Crippen LogP contribution < -0.4 is 5.73 Å². The zero-order valence-corrected chi connectivity index (χ0v) is 15.0. The topological polar surface area (TPSA) is 120 Å². The molecule has 4 rings (SSSR count). The molecule has 0 amide bonds. The number of aromatic hydroxyl groups is 1. The predicted octanol–water partition coefficient (Wildman–Crippen LogP) is 3.73. The van der Waals surface area contributed by atoms with Gasteiger partial charge in [0.2, 0.25) is 0 Å². The van der Waals surface area contributed by atoms with Crippen LogP contribution >= 0.6 is 0 Å². The van der Waals surface area contributed by atoms with E-state index in [1.165, 1.54) is 60.3 Å². The lowest BCUT2D eigenvalue weighted by Gasteiger charge is -2.05. The molecule has 0 radical (unpaired) electrons. The average molecular weight is 360 g/mol. The Labute approximate surface area is 157 Å². The Morgan fingerprint density at radius 2 is 2.11 bits per heavy atom. The molecule has 0 saturated heterocycles. The van der Waals surface area contributed by atoms with Gasteiger partial charge in [-0.1, -0.05) is 0 Å². The van der Waals surface area contributed by atoms with Crippen molar-refractivity contribution in [3.63, 3.8) is 0 Å². The van der Waals surface area contributed by atoms with Gasteiger partial charge in [0, 0.05) is 11.3 Å². The first-order valence-corrected chi connectivity index (χ1v) is 8.58. The van der Waals surface area contributed by atoms with Crippen molar-refractivity contribution in [2.45, 2.75) is 26.2 Å². The Kier molecular flexibility index (Phi) is 5.23. The molecule has 1 aromatic heterocycles. The summed E-state index contributed by atoms with van der Waals surface area (Å²) in [5.74, 6) is 0.371. The molecule has 0 spiro atoms. The fraction of sp³-hybridized carbons (Fsp3) is 0.190. The number of phenolic OH excluding ortho intramolecular Hbond substituents is 1. The fourth-order valence-corrected chi connectivity index (χ4v) is 3.22. The van der Waals surface area contributed by atoms with Crippen LogP contribution in [0, 0.1) is 23.7 Å². The van der Waals surface area contributed by atoms with Gasteiger partial charge in [-0.05, 0) is 73.2 Å². The number of aryl methyl sites for hydroxylation is 2. The minimum absolute atomic E-state index is 0.0588. The molecule has 0 unspecified atom stereocenters. The second-order valence-corrected chi connectivity index (χ2v) is 6.41. The molecule has 1 aliphatic rings. The molecular weight excluding hydrogens is 340 g/mol. The smallest absolute Gasteiger partial charge is 0.181 e. The van der Waals surface area contributed by atoms with Crippen LogP contribution in [-0.4, -0.2) is 15.8 Å². The van der Waals surface area contributed by atoms with Gasteiger partial charge >= 0.3 is 0 Å². The van der Waals surface area contributed by atoms with Gasteiger partial charge in [0.25, 0.3) is 0 Å². The average Bonchev–Trinajstić information content (AvgIpc) is 3.35. The zero-order chi connectivity index (χ0) is 19.4. The van der Waals surface area contributed by atoms with Crippen LogP contribution in [0.5, 0.6) is 5.75 Å². The maximum absolute atomic E-state index is 9.29. The number of nitrogens with two attached hydrogens (primary N) is 1. The van der Waals surface area contributed by atoms with Gasteiger partial charge in [0.05, 0.1) is 17.8 Å². The van der Waals surface area contributed by atoms with E-state index in [2.05, 4.69) is 18.0 Å². The Balaban J connectivity index is 0.000000159. The number of hydrogen-bond acceptors (Lipinski definition) is 6. The summed E-state index contributed by atoms with van der Waals surface area (Å²) in [5, 5.41) is 25.8. The lowest BCUT2D eigenvalue weighted by atomic mass is 10.0. The third-order valence-electron chi connectivity index (χ3n) is 4.55. The number of fused-ring (bicyclic) bond motifs is 1. The molecule has 0 bridgehead atoms. The highest BCUT2D eigenvalue weighted by Gasteiger charge is 2.13. The summed E-state index contributed by atoms with van der Waals surface area (Å²) < 4.78 is 4.97. The van der Waals surface area contributed by atoms with Crippen molar-refractivity contribution >= 4 is 11.4 Å². The number of phenols is 1. The van der Waals surface area contributed by atoms with E-state index in [4.69, 9.17) is 20.8 Å². The highest BCUT2D eigenvalue weighted by molar-refractivity contribution is 6.12. The number of nitrogen functional groups attached to an aromatic ring is 1. The first-order chi connectivity index (χ1) is 13.0. The van der Waals surface area contributed by atoms with Gasteiger partial charge in [-0.25, -0.2) is 4.98 Å². The summed E-state index contributed by atoms with van der Waals surface area (Å²) in [4.78, 5) is 3.71. The maximum Gasteiger partial charge on any atom is 0.181 e. The molecular formula is C21H20N4O2. The first-order valence-electron chi connectivity index (χ1n) is 8.58. The Hall–Kier alpha value is -3.59. The number of nitrogens with zero attached hydrogens (tertiary/aromatic N) is 2. The normalized spacial score (nSPS) is 11.9. The lowest BCUT2D eigenvalue weighted by Crippen LogP contribution is -2.04. The molecule has 0 saturated carbocycles. The first kappa shape index (κ1) is 18.2. The Morgan fingerprint density at radius 1 is 1.30 bits per heavy atom. The van der Waals surface area contributed by atoms with E-state index in [0.717, 1.165) is 12.0 Å². The van der Waals surface area contributed by atoms with Crippen molar-refractivity contribution in [1.29, 1.82) is 10.7 Å². The second-order valence-electron chi connectivity index (χ2n) is 6.41. The standard InChI is InChI=1S/C11H11N.C10H9N3O2/c1-8-5-9(7-12)6-10-3-2-4-11(8)10;11-8-2-1-6(14)3-7(8)10(12)9-4-13-5-15-9/h5-6H,2-4H2,1H3;1-5,12,14H,11H2. The van der Waals surface area contributed by atoms with Crippen LogP contribution in [0.15, 0.2) is 47.3 Å². The van der Waals surface area contributed by atoms with Gasteiger partial charge in [-0.3, -0.25) is 5.41 Å². The quantitative estimate of drug-likeness (QED) is 0.365. The second kappa shape index (κ2) is 7.75. The van der Waals surface area contributed by atoms with Crippen molar-refractivity contribution in [3.8, 4) is 11.8 Å². The van der Waals surface area contributed by atoms with E-state index in [1.807, 2.05) is 12.1 Å². The van der Waals surface area contributed by atoms with E-state index in [1.54, 1.807) is 0 Å². The predicted molar refractivity (Wildman–Crippen MR) is 103 cm³/mol. The lowest BCUT2D eigenvalue weighted by molar-refractivity contribution is 0.475. The van der Waals surface area contributed by atoms with Crippen LogP contribution in [0.2, 0.25) is 0 Å². The number of nitrogens with one attached hydrogen (secondary N) is 1. The van der Waals surface area contributed by atoms with Crippen molar-refractivity contribution in [1.82, 2.24) is 4.98 Å². The summed E-state index contributed by atoms with van der Waals surface area (Å²) >= 11 is 0. The monoisotopic (exact) mass is 360 g/mol. The molecule has 1 aliphatic carbocycles. The molecule has 2 aromatic carbocycles. The zero-order valence-electron chi connectivity index (χ0n) is 15.0. The van der Waals surface area contributed by atoms with Gasteiger partial charge in [0.1, 0.15) is 11.5 Å². The van der Waals surface area contributed by atoms with E-state index >= 15 is 0 Å². The highest BCUT2D eigenvalue weighted by Crippen LogP contribution is 2.26. The molecule has 6 nitrogen and oxygen atoms in total. The van der Waals surface area contributed by atoms with E-state index in [-0.39, 0.29) is 11.5 Å². The number of hydrogen-bond donors (Lipinski definition) is 3. The van der Waals surface area contributed by atoms with Crippen LogP contribution in [0.1, 0.15) is 40.0 Å². The summed E-state index contributed by atoms with van der Waals surface area (Å²) in [6.07, 6.45) is 6.28. The number of aromatic nitrogens is 1. The molecule has 27 heavy (non-hydrogen) atoms. The number of oxazole rings is 1. The molecule has 0 atom stereocenters. The van der Waals surface area contributed by atoms with Crippen molar-refractivity contribution in [2.24, 2.45) is 0 Å². The Morgan fingerprint density at radius 3 is 2.81 bits per heavy atom. The van der Waals surface area contributed by atoms with Gasteiger partial charge < -0.3 is 15.3 Å². The third-order valence-corrected chi connectivity index (χ3v) is 4.55. The van der Waals surface area contributed by atoms with Crippen LogP contribution in [-0.2, 0) is 12.8 Å². The molecule has 0 aliphatic heterocycles. The summed E-state index contributed by atoms with van der Waals surface area (Å²) in [6.45, 7) is 2.10. The summed E-state index contributed by atoms with van der Waals surface area (Å²) in [5.41, 5.74) is 11.6. The maximum atomic E-state index is 9.29. The Bertz CT molecular complexity index is 1020. The number of anilines is 1. The molecule has 0 fully saturated rings. The van der Waals surface area contributed by atoms with E-state index < -0.39 is 0 Å². The summed E-state index contributed by atoms with van der Waals surface area (Å²) in [6, 6.07) is 10.6. The van der Waals surface area contributed by atoms with Gasteiger partial charge in [-0.15, -0.1) is 0 Å². The van der Waals surface area contributed by atoms with Crippen LogP contribution in [0.4, 0.5) is 5.69 Å². The fourth-order valence-electron chi connectivity index (χ4n) is 3.22. The SMILES string of the molecule is Cc1cc(C#N)cc2c1CCC2.N=C(c1cnco1)c1cc(O)ccc1N.